The maximum atomic E-state index is 5.78. The number of pyridine rings is 1. The van der Waals surface area contributed by atoms with Crippen molar-refractivity contribution in [3.8, 4) is 5.88 Å². The highest BCUT2D eigenvalue weighted by Gasteiger charge is 2.12. The molecular weight excluding hydrogens is 252 g/mol. The minimum atomic E-state index is -0.238. The third-order valence-corrected chi connectivity index (χ3v) is 2.33. The standard InChI is InChI=1S/C15H26N4O/c1-11(2)8-18-14(16)19-10-12-6-7-13(17-9-12)20-15(3,4)5/h6-7,9,11H,8,10H2,1-5H3,(H3,16,18,19). The SMILES string of the molecule is CC(C)CNC(N)=NCc1ccc(OC(C)(C)C)nc1. The Morgan fingerprint density at radius 1 is 1.40 bits per heavy atom. The number of aromatic nitrogens is 1. The molecule has 0 aromatic carbocycles. The van der Waals surface area contributed by atoms with Gasteiger partial charge in [0.25, 0.3) is 0 Å². The molecule has 0 aliphatic rings. The van der Waals surface area contributed by atoms with Crippen molar-refractivity contribution in [1.29, 1.82) is 0 Å². The third-order valence-electron chi connectivity index (χ3n) is 2.33. The summed E-state index contributed by atoms with van der Waals surface area (Å²) in [5.74, 6) is 1.63. The Morgan fingerprint density at radius 3 is 2.60 bits per heavy atom. The first-order valence-electron chi connectivity index (χ1n) is 6.94. The van der Waals surface area contributed by atoms with E-state index in [1.54, 1.807) is 6.20 Å². The molecular formula is C15H26N4O. The van der Waals surface area contributed by atoms with Crippen LogP contribution in [0, 0.1) is 5.92 Å². The maximum Gasteiger partial charge on any atom is 0.213 e. The highest BCUT2D eigenvalue weighted by Crippen LogP contribution is 2.15. The van der Waals surface area contributed by atoms with Gasteiger partial charge >= 0.3 is 0 Å². The molecule has 0 bridgehead atoms. The molecule has 0 unspecified atom stereocenters. The van der Waals surface area contributed by atoms with Crippen LogP contribution in [-0.2, 0) is 6.54 Å². The summed E-state index contributed by atoms with van der Waals surface area (Å²) in [6.45, 7) is 11.6. The molecule has 0 radical (unpaired) electrons. The van der Waals surface area contributed by atoms with E-state index in [2.05, 4.69) is 29.1 Å². The number of hydrogen-bond donors (Lipinski definition) is 2. The quantitative estimate of drug-likeness (QED) is 0.640. The Morgan fingerprint density at radius 2 is 2.10 bits per heavy atom. The summed E-state index contributed by atoms with van der Waals surface area (Å²) in [5.41, 5.74) is 6.54. The van der Waals surface area contributed by atoms with Gasteiger partial charge < -0.3 is 15.8 Å². The average Bonchev–Trinajstić information content (AvgIpc) is 2.33. The Labute approximate surface area is 121 Å². The zero-order valence-electron chi connectivity index (χ0n) is 13.1. The highest BCUT2D eigenvalue weighted by molar-refractivity contribution is 5.77. The van der Waals surface area contributed by atoms with E-state index in [0.717, 1.165) is 12.1 Å². The molecule has 20 heavy (non-hydrogen) atoms. The van der Waals surface area contributed by atoms with Crippen LogP contribution in [0.25, 0.3) is 0 Å². The van der Waals surface area contributed by atoms with Gasteiger partial charge in [-0.25, -0.2) is 9.98 Å². The van der Waals surface area contributed by atoms with E-state index < -0.39 is 0 Å². The van der Waals surface area contributed by atoms with Crippen LogP contribution >= 0.6 is 0 Å². The van der Waals surface area contributed by atoms with Gasteiger partial charge in [-0.1, -0.05) is 19.9 Å². The van der Waals surface area contributed by atoms with Gasteiger partial charge in [-0.3, -0.25) is 0 Å². The second kappa shape index (κ2) is 7.12. The molecule has 0 amide bonds. The average molecular weight is 278 g/mol. The van der Waals surface area contributed by atoms with Gasteiger partial charge in [0.05, 0.1) is 6.54 Å². The molecule has 112 valence electrons. The second-order valence-electron chi connectivity index (χ2n) is 6.20. The molecule has 0 spiro atoms. The van der Waals surface area contributed by atoms with Crippen molar-refractivity contribution in [2.45, 2.75) is 46.8 Å². The fraction of sp³-hybridized carbons (Fsp3) is 0.600. The first-order chi connectivity index (χ1) is 9.26. The van der Waals surface area contributed by atoms with Crippen LogP contribution in [0.3, 0.4) is 0 Å². The molecule has 5 nitrogen and oxygen atoms in total. The van der Waals surface area contributed by atoms with Crippen LogP contribution in [0.5, 0.6) is 5.88 Å². The van der Waals surface area contributed by atoms with Gasteiger partial charge in [0.15, 0.2) is 5.96 Å². The lowest BCUT2D eigenvalue weighted by Gasteiger charge is -2.20. The lowest BCUT2D eigenvalue weighted by Crippen LogP contribution is -2.34. The van der Waals surface area contributed by atoms with Gasteiger partial charge in [-0.15, -0.1) is 0 Å². The third kappa shape index (κ3) is 6.97. The maximum absolute atomic E-state index is 5.78. The van der Waals surface area contributed by atoms with E-state index in [1.807, 2.05) is 32.9 Å². The van der Waals surface area contributed by atoms with Crippen LogP contribution in [0.15, 0.2) is 23.3 Å². The number of hydrogen-bond acceptors (Lipinski definition) is 3. The van der Waals surface area contributed by atoms with Crippen molar-refractivity contribution < 1.29 is 4.74 Å². The summed E-state index contributed by atoms with van der Waals surface area (Å²) in [6.07, 6.45) is 1.76. The van der Waals surface area contributed by atoms with E-state index in [4.69, 9.17) is 10.5 Å². The largest absolute Gasteiger partial charge is 0.472 e. The van der Waals surface area contributed by atoms with Crippen molar-refractivity contribution in [2.24, 2.45) is 16.6 Å². The second-order valence-corrected chi connectivity index (χ2v) is 6.20. The van der Waals surface area contributed by atoms with E-state index in [9.17, 15) is 0 Å². The first kappa shape index (κ1) is 16.3. The van der Waals surface area contributed by atoms with Crippen molar-refractivity contribution >= 4 is 5.96 Å². The monoisotopic (exact) mass is 278 g/mol. The van der Waals surface area contributed by atoms with Gasteiger partial charge in [-0.2, -0.15) is 0 Å². The summed E-state index contributed by atoms with van der Waals surface area (Å²) in [5, 5.41) is 3.08. The van der Waals surface area contributed by atoms with Gasteiger partial charge in [0, 0.05) is 18.8 Å². The molecule has 5 heteroatoms. The van der Waals surface area contributed by atoms with Crippen molar-refractivity contribution in [3.05, 3.63) is 23.9 Å². The molecule has 0 saturated heterocycles. The number of nitrogens with one attached hydrogen (secondary N) is 1. The molecule has 0 fully saturated rings. The predicted octanol–water partition coefficient (Wildman–Crippen LogP) is 2.32. The van der Waals surface area contributed by atoms with Crippen molar-refractivity contribution in [3.63, 3.8) is 0 Å². The molecule has 1 aromatic rings. The first-order valence-corrected chi connectivity index (χ1v) is 6.94. The molecule has 0 atom stereocenters. The number of guanidine groups is 1. The lowest BCUT2D eigenvalue weighted by molar-refractivity contribution is 0.124. The Hall–Kier alpha value is -1.78. The number of aliphatic imine (C=N–C) groups is 1. The summed E-state index contributed by atoms with van der Waals surface area (Å²) < 4.78 is 5.66. The molecule has 0 aliphatic carbocycles. The van der Waals surface area contributed by atoms with E-state index in [0.29, 0.717) is 24.3 Å². The number of nitrogens with two attached hydrogens (primary N) is 1. The summed E-state index contributed by atoms with van der Waals surface area (Å²) in [7, 11) is 0. The highest BCUT2D eigenvalue weighted by atomic mass is 16.5. The number of nitrogens with zero attached hydrogens (tertiary/aromatic N) is 2. The molecule has 1 rings (SSSR count). The fourth-order valence-corrected chi connectivity index (χ4v) is 1.42. The van der Waals surface area contributed by atoms with Gasteiger partial charge in [0.1, 0.15) is 5.60 Å². The Bertz CT molecular complexity index is 432. The number of ether oxygens (including phenoxy) is 1. The summed E-state index contributed by atoms with van der Waals surface area (Å²) in [6, 6.07) is 3.81. The van der Waals surface area contributed by atoms with Crippen molar-refractivity contribution in [1.82, 2.24) is 10.3 Å². The van der Waals surface area contributed by atoms with Crippen molar-refractivity contribution in [2.75, 3.05) is 6.54 Å². The van der Waals surface area contributed by atoms with Gasteiger partial charge in [0.2, 0.25) is 5.88 Å². The molecule has 0 aliphatic heterocycles. The topological polar surface area (TPSA) is 72.5 Å². The van der Waals surface area contributed by atoms with Crippen LogP contribution in [0.4, 0.5) is 0 Å². The zero-order valence-corrected chi connectivity index (χ0v) is 13.1. The van der Waals surface area contributed by atoms with Crippen LogP contribution in [-0.4, -0.2) is 23.1 Å². The van der Waals surface area contributed by atoms with E-state index in [1.165, 1.54) is 0 Å². The summed E-state index contributed by atoms with van der Waals surface area (Å²) in [4.78, 5) is 8.54. The molecule has 1 aromatic heterocycles. The smallest absolute Gasteiger partial charge is 0.213 e. The van der Waals surface area contributed by atoms with Gasteiger partial charge in [-0.05, 0) is 32.3 Å². The van der Waals surface area contributed by atoms with Crippen LogP contribution in [0.2, 0.25) is 0 Å². The Balaban J connectivity index is 2.51. The van der Waals surface area contributed by atoms with E-state index in [-0.39, 0.29) is 5.60 Å². The normalized spacial score (nSPS) is 12.6. The fourth-order valence-electron chi connectivity index (χ4n) is 1.42. The number of rotatable bonds is 5. The van der Waals surface area contributed by atoms with E-state index >= 15 is 0 Å². The molecule has 0 saturated carbocycles. The van der Waals surface area contributed by atoms with Crippen LogP contribution < -0.4 is 15.8 Å². The summed E-state index contributed by atoms with van der Waals surface area (Å²) >= 11 is 0. The molecule has 3 N–H and O–H groups in total. The minimum absolute atomic E-state index is 0.238. The predicted molar refractivity (Wildman–Crippen MR) is 82.8 cm³/mol. The zero-order chi connectivity index (χ0) is 15.2. The molecule has 1 heterocycles. The lowest BCUT2D eigenvalue weighted by atomic mass is 10.2. The minimum Gasteiger partial charge on any atom is -0.472 e. The van der Waals surface area contributed by atoms with Crippen LogP contribution in [0.1, 0.15) is 40.2 Å². The Kier molecular flexibility index (Phi) is 5.80.